The predicted molar refractivity (Wildman–Crippen MR) is 114 cm³/mol. The van der Waals surface area contributed by atoms with Crippen molar-refractivity contribution in [2.24, 2.45) is 0 Å². The molecule has 2 aromatic carbocycles. The number of anilines is 1. The largest absolute Gasteiger partial charge is 0.496 e. The lowest BCUT2D eigenvalue weighted by Gasteiger charge is -2.31. The van der Waals surface area contributed by atoms with Crippen LogP contribution >= 0.6 is 7.37 Å². The summed E-state index contributed by atoms with van der Waals surface area (Å²) >= 11 is 0. The number of hydrogen-bond acceptors (Lipinski definition) is 5. The minimum absolute atomic E-state index is 0.0996. The van der Waals surface area contributed by atoms with Crippen LogP contribution in [0, 0.1) is 0 Å². The molecule has 0 unspecified atom stereocenters. The molecular weight excluding hydrogens is 373 g/mol. The summed E-state index contributed by atoms with van der Waals surface area (Å²) in [7, 11) is 1.87. The summed E-state index contributed by atoms with van der Waals surface area (Å²) in [5.41, 5.74) is 1.49. The maximum atomic E-state index is 14.2. The van der Waals surface area contributed by atoms with E-state index in [1.807, 2.05) is 37.2 Å². The molecule has 1 aliphatic rings. The normalized spacial score (nSPS) is 18.3. The Labute approximate surface area is 167 Å². The molecular formula is C22H30NO4P. The predicted octanol–water partition coefficient (Wildman–Crippen LogP) is 4.71. The second-order valence-electron chi connectivity index (χ2n) is 7.49. The molecule has 152 valence electrons. The summed E-state index contributed by atoms with van der Waals surface area (Å²) in [5.74, 6) is -0.775. The first-order chi connectivity index (χ1) is 13.5. The van der Waals surface area contributed by atoms with Crippen molar-refractivity contribution < 1.29 is 18.9 Å². The van der Waals surface area contributed by atoms with E-state index in [0.717, 1.165) is 31.4 Å². The lowest BCUT2D eigenvalue weighted by atomic mass is 9.98. The third kappa shape index (κ3) is 4.43. The minimum Gasteiger partial charge on any atom is -0.496 e. The van der Waals surface area contributed by atoms with Gasteiger partial charge in [-0.3, -0.25) is 4.57 Å². The molecule has 1 fully saturated rings. The zero-order valence-electron chi connectivity index (χ0n) is 16.9. The van der Waals surface area contributed by atoms with Crippen LogP contribution in [0.5, 0.6) is 5.75 Å². The molecule has 1 N–H and O–H groups in total. The number of nitrogens with zero attached hydrogens (tertiary/aromatic N) is 1. The van der Waals surface area contributed by atoms with Gasteiger partial charge in [0.25, 0.3) is 7.37 Å². The van der Waals surface area contributed by atoms with Crippen LogP contribution in [0.2, 0.25) is 0 Å². The zero-order valence-corrected chi connectivity index (χ0v) is 17.8. The first-order valence-corrected chi connectivity index (χ1v) is 11.5. The number of ether oxygens (including phenoxy) is 1. The van der Waals surface area contributed by atoms with Gasteiger partial charge >= 0.3 is 0 Å². The summed E-state index contributed by atoms with van der Waals surface area (Å²) in [4.78, 5) is 1.98. The van der Waals surface area contributed by atoms with Crippen molar-refractivity contribution in [2.45, 2.75) is 44.1 Å². The van der Waals surface area contributed by atoms with Gasteiger partial charge in [-0.25, -0.2) is 0 Å². The van der Waals surface area contributed by atoms with Crippen molar-refractivity contribution in [3.63, 3.8) is 0 Å². The monoisotopic (exact) mass is 403 g/mol. The first kappa shape index (κ1) is 20.9. The Morgan fingerprint density at radius 3 is 2.29 bits per heavy atom. The maximum absolute atomic E-state index is 14.2. The summed E-state index contributed by atoms with van der Waals surface area (Å²) in [6.07, 6.45) is 4.95. The SMILES string of the molecule is COc1ccccc1[C@H](O)[P@](=O)(OC1CCCCC1)c1ccc(N(C)C)cc1. The van der Waals surface area contributed by atoms with Crippen molar-refractivity contribution in [3.05, 3.63) is 54.1 Å². The minimum atomic E-state index is -3.59. The topological polar surface area (TPSA) is 59.0 Å². The van der Waals surface area contributed by atoms with Crippen LogP contribution in [0.4, 0.5) is 5.69 Å². The number of benzene rings is 2. The second kappa shape index (κ2) is 9.13. The lowest BCUT2D eigenvalue weighted by molar-refractivity contribution is 0.136. The molecule has 6 heteroatoms. The van der Waals surface area contributed by atoms with Crippen LogP contribution in [0.1, 0.15) is 43.5 Å². The zero-order chi connectivity index (χ0) is 20.1. The molecule has 0 saturated heterocycles. The number of aliphatic hydroxyl groups is 1. The van der Waals surface area contributed by atoms with E-state index >= 15 is 0 Å². The van der Waals surface area contributed by atoms with Gasteiger partial charge in [-0.2, -0.15) is 0 Å². The van der Waals surface area contributed by atoms with Crippen LogP contribution in [-0.2, 0) is 9.09 Å². The van der Waals surface area contributed by atoms with Gasteiger partial charge in [-0.05, 0) is 43.2 Å². The number of rotatable bonds is 7. The molecule has 3 rings (SSSR count). The van der Waals surface area contributed by atoms with E-state index in [2.05, 4.69) is 0 Å². The molecule has 2 atom stereocenters. The van der Waals surface area contributed by atoms with Crippen molar-refractivity contribution in [3.8, 4) is 5.75 Å². The van der Waals surface area contributed by atoms with E-state index < -0.39 is 13.2 Å². The highest BCUT2D eigenvalue weighted by molar-refractivity contribution is 7.67. The number of para-hydroxylation sites is 1. The van der Waals surface area contributed by atoms with Crippen molar-refractivity contribution >= 4 is 18.4 Å². The van der Waals surface area contributed by atoms with Gasteiger partial charge in [-0.1, -0.05) is 37.5 Å². The average Bonchev–Trinajstić information content (AvgIpc) is 2.73. The molecule has 0 heterocycles. The van der Waals surface area contributed by atoms with Crippen LogP contribution in [0.25, 0.3) is 0 Å². The number of hydrogen-bond donors (Lipinski definition) is 1. The smallest absolute Gasteiger partial charge is 0.264 e. The van der Waals surface area contributed by atoms with Crippen LogP contribution in [-0.4, -0.2) is 32.4 Å². The van der Waals surface area contributed by atoms with E-state index in [-0.39, 0.29) is 6.10 Å². The third-order valence-corrected chi connectivity index (χ3v) is 7.87. The van der Waals surface area contributed by atoms with Gasteiger partial charge < -0.3 is 19.3 Å². The Bertz CT molecular complexity index is 816. The molecule has 0 amide bonds. The second-order valence-corrected chi connectivity index (χ2v) is 9.90. The van der Waals surface area contributed by atoms with Crippen molar-refractivity contribution in [2.75, 3.05) is 26.1 Å². The van der Waals surface area contributed by atoms with Gasteiger partial charge in [0.2, 0.25) is 0 Å². The summed E-state index contributed by atoms with van der Waals surface area (Å²) in [6.45, 7) is 0. The fourth-order valence-corrected chi connectivity index (χ4v) is 5.99. The molecule has 0 aromatic heterocycles. The highest BCUT2D eigenvalue weighted by Crippen LogP contribution is 2.60. The highest BCUT2D eigenvalue weighted by Gasteiger charge is 2.40. The van der Waals surface area contributed by atoms with Gasteiger partial charge in [0.15, 0.2) is 5.85 Å². The molecule has 0 bridgehead atoms. The molecule has 2 aromatic rings. The quantitative estimate of drug-likeness (QED) is 0.679. The van der Waals surface area contributed by atoms with Gasteiger partial charge in [0, 0.05) is 30.7 Å². The number of methoxy groups -OCH3 is 1. The maximum Gasteiger partial charge on any atom is 0.264 e. The van der Waals surface area contributed by atoms with E-state index in [1.165, 1.54) is 6.42 Å². The Morgan fingerprint density at radius 1 is 1.04 bits per heavy atom. The molecule has 1 saturated carbocycles. The van der Waals surface area contributed by atoms with E-state index in [1.54, 1.807) is 37.4 Å². The highest BCUT2D eigenvalue weighted by atomic mass is 31.2. The van der Waals surface area contributed by atoms with Gasteiger partial charge in [0.1, 0.15) is 5.75 Å². The van der Waals surface area contributed by atoms with Crippen molar-refractivity contribution in [1.82, 2.24) is 0 Å². The molecule has 1 aliphatic carbocycles. The molecule has 28 heavy (non-hydrogen) atoms. The molecule has 0 radical (unpaired) electrons. The molecule has 5 nitrogen and oxygen atoms in total. The fraction of sp³-hybridized carbons (Fsp3) is 0.455. The fourth-order valence-electron chi connectivity index (χ4n) is 3.67. The number of aliphatic hydroxyl groups excluding tert-OH is 1. The van der Waals surface area contributed by atoms with E-state index in [0.29, 0.717) is 16.6 Å². The summed E-state index contributed by atoms with van der Waals surface area (Å²) in [6, 6.07) is 14.6. The first-order valence-electron chi connectivity index (χ1n) is 9.83. The van der Waals surface area contributed by atoms with E-state index in [4.69, 9.17) is 9.26 Å². The molecule has 0 spiro atoms. The Hall–Kier alpha value is -1.81. The van der Waals surface area contributed by atoms with Crippen LogP contribution in [0.3, 0.4) is 0 Å². The van der Waals surface area contributed by atoms with Crippen molar-refractivity contribution in [1.29, 1.82) is 0 Å². The van der Waals surface area contributed by atoms with Crippen LogP contribution < -0.4 is 14.9 Å². The van der Waals surface area contributed by atoms with E-state index in [9.17, 15) is 9.67 Å². The summed E-state index contributed by atoms with van der Waals surface area (Å²) < 4.78 is 25.8. The standard InChI is InChI=1S/C22H30NO4P/c1-23(2)17-13-15-19(16-14-17)28(25,27-18-9-5-4-6-10-18)22(24)20-11-7-8-12-21(20)26-3/h7-8,11-16,18,22,24H,4-6,9-10H2,1-3H3/t22-,28-/m1/s1. The Kier molecular flexibility index (Phi) is 6.82. The van der Waals surface area contributed by atoms with Gasteiger partial charge in [0.05, 0.1) is 13.2 Å². The summed E-state index contributed by atoms with van der Waals surface area (Å²) in [5, 5.41) is 11.8. The Morgan fingerprint density at radius 2 is 1.68 bits per heavy atom. The van der Waals surface area contributed by atoms with Crippen LogP contribution in [0.15, 0.2) is 48.5 Å². The molecule has 0 aliphatic heterocycles. The third-order valence-electron chi connectivity index (χ3n) is 5.32. The average molecular weight is 403 g/mol. The lowest BCUT2D eigenvalue weighted by Crippen LogP contribution is -2.22. The van der Waals surface area contributed by atoms with Gasteiger partial charge in [-0.15, -0.1) is 0 Å². The Balaban J connectivity index is 2.01.